The monoisotopic (exact) mass is 365 g/mol. The highest BCUT2D eigenvalue weighted by molar-refractivity contribution is 9.10. The molecule has 0 fully saturated rings. The summed E-state index contributed by atoms with van der Waals surface area (Å²) in [6.07, 6.45) is 0. The summed E-state index contributed by atoms with van der Waals surface area (Å²) < 4.78 is 16.4. The van der Waals surface area contributed by atoms with Crippen molar-refractivity contribution in [2.45, 2.75) is 0 Å². The van der Waals surface area contributed by atoms with E-state index in [4.69, 9.17) is 14.2 Å². The molecule has 0 atom stereocenters. The summed E-state index contributed by atoms with van der Waals surface area (Å²) >= 11 is 3.35. The van der Waals surface area contributed by atoms with Crippen LogP contribution in [0.2, 0.25) is 0 Å². The molecule has 0 radical (unpaired) electrons. The molecule has 0 aliphatic carbocycles. The Kier molecular flexibility index (Phi) is 5.27. The number of halogens is 1. The molecule has 0 bridgehead atoms. The molecule has 0 unspecified atom stereocenters. The Morgan fingerprint density at radius 1 is 0.909 bits per heavy atom. The number of rotatable bonds is 5. The average molecular weight is 366 g/mol. The van der Waals surface area contributed by atoms with Crippen LogP contribution in [0.1, 0.15) is 10.4 Å². The summed E-state index contributed by atoms with van der Waals surface area (Å²) in [7, 11) is 4.62. The zero-order chi connectivity index (χ0) is 16.1. The van der Waals surface area contributed by atoms with Gasteiger partial charge in [0.05, 0.1) is 26.9 Å². The van der Waals surface area contributed by atoms with Crippen molar-refractivity contribution in [3.63, 3.8) is 0 Å². The van der Waals surface area contributed by atoms with E-state index in [1.807, 2.05) is 6.07 Å². The molecular formula is C16H16BrNO4. The lowest BCUT2D eigenvalue weighted by atomic mass is 10.2. The molecule has 2 aromatic carbocycles. The first-order chi connectivity index (χ1) is 10.6. The van der Waals surface area contributed by atoms with E-state index in [-0.39, 0.29) is 5.91 Å². The van der Waals surface area contributed by atoms with Gasteiger partial charge in [0.25, 0.3) is 5.91 Å². The maximum Gasteiger partial charge on any atom is 0.259 e. The molecule has 1 N–H and O–H groups in total. The highest BCUT2D eigenvalue weighted by Crippen LogP contribution is 2.30. The molecule has 2 aromatic rings. The van der Waals surface area contributed by atoms with Crippen LogP contribution in [0.3, 0.4) is 0 Å². The quantitative estimate of drug-likeness (QED) is 0.876. The Morgan fingerprint density at radius 2 is 1.55 bits per heavy atom. The van der Waals surface area contributed by atoms with Crippen molar-refractivity contribution < 1.29 is 19.0 Å². The van der Waals surface area contributed by atoms with Gasteiger partial charge in [-0.2, -0.15) is 0 Å². The standard InChI is InChI=1S/C16H16BrNO4/c1-20-13-6-4-10(17)8-12(13)16(19)18-11-5-7-14(21-2)15(9-11)22-3/h4-9H,1-3H3,(H,18,19). The van der Waals surface area contributed by atoms with Crippen LogP contribution in [0.4, 0.5) is 5.69 Å². The topological polar surface area (TPSA) is 56.8 Å². The van der Waals surface area contributed by atoms with Gasteiger partial charge in [0.2, 0.25) is 0 Å². The molecular weight excluding hydrogens is 350 g/mol. The number of hydrogen-bond donors (Lipinski definition) is 1. The van der Waals surface area contributed by atoms with Crippen molar-refractivity contribution in [3.05, 3.63) is 46.4 Å². The predicted octanol–water partition coefficient (Wildman–Crippen LogP) is 3.73. The van der Waals surface area contributed by atoms with Gasteiger partial charge < -0.3 is 19.5 Å². The van der Waals surface area contributed by atoms with Crippen molar-refractivity contribution in [1.82, 2.24) is 0 Å². The molecule has 0 heterocycles. The van der Waals surface area contributed by atoms with Gasteiger partial charge in [-0.3, -0.25) is 4.79 Å². The first-order valence-corrected chi connectivity index (χ1v) is 7.25. The van der Waals surface area contributed by atoms with E-state index in [1.54, 1.807) is 44.6 Å². The van der Waals surface area contributed by atoms with Crippen LogP contribution >= 0.6 is 15.9 Å². The molecule has 0 aliphatic heterocycles. The molecule has 116 valence electrons. The van der Waals surface area contributed by atoms with Gasteiger partial charge in [-0.25, -0.2) is 0 Å². The lowest BCUT2D eigenvalue weighted by molar-refractivity contribution is 0.102. The van der Waals surface area contributed by atoms with E-state index in [9.17, 15) is 4.79 Å². The third kappa shape index (κ3) is 3.51. The van der Waals surface area contributed by atoms with Crippen LogP contribution < -0.4 is 19.5 Å². The maximum absolute atomic E-state index is 12.4. The minimum absolute atomic E-state index is 0.273. The number of hydrogen-bond acceptors (Lipinski definition) is 4. The van der Waals surface area contributed by atoms with Crippen molar-refractivity contribution in [3.8, 4) is 17.2 Å². The number of nitrogens with one attached hydrogen (secondary N) is 1. The SMILES string of the molecule is COc1ccc(NC(=O)c2cc(Br)ccc2OC)cc1OC. The molecule has 0 aromatic heterocycles. The molecule has 0 saturated carbocycles. The van der Waals surface area contributed by atoms with Gasteiger partial charge in [-0.1, -0.05) is 15.9 Å². The third-order valence-corrected chi connectivity index (χ3v) is 3.54. The molecule has 22 heavy (non-hydrogen) atoms. The minimum Gasteiger partial charge on any atom is -0.496 e. The van der Waals surface area contributed by atoms with Gasteiger partial charge in [-0.15, -0.1) is 0 Å². The summed E-state index contributed by atoms with van der Waals surface area (Å²) in [5.41, 5.74) is 1.04. The van der Waals surface area contributed by atoms with Crippen LogP contribution in [0, 0.1) is 0 Å². The number of carbonyl (C=O) groups excluding carboxylic acids is 1. The summed E-state index contributed by atoms with van der Waals surface area (Å²) in [5.74, 6) is 1.37. The second-order valence-electron chi connectivity index (χ2n) is 4.37. The van der Waals surface area contributed by atoms with Crippen LogP contribution in [0.25, 0.3) is 0 Å². The smallest absolute Gasteiger partial charge is 0.259 e. The van der Waals surface area contributed by atoms with E-state index in [1.165, 1.54) is 7.11 Å². The minimum atomic E-state index is -0.273. The summed E-state index contributed by atoms with van der Waals surface area (Å²) in [4.78, 5) is 12.4. The second kappa shape index (κ2) is 7.17. The summed E-state index contributed by atoms with van der Waals surface area (Å²) in [6.45, 7) is 0. The van der Waals surface area contributed by atoms with Crippen molar-refractivity contribution >= 4 is 27.5 Å². The fraction of sp³-hybridized carbons (Fsp3) is 0.188. The lowest BCUT2D eigenvalue weighted by Crippen LogP contribution is -2.13. The van der Waals surface area contributed by atoms with Gasteiger partial charge in [0.15, 0.2) is 11.5 Å². The van der Waals surface area contributed by atoms with E-state index in [0.29, 0.717) is 28.5 Å². The van der Waals surface area contributed by atoms with Crippen LogP contribution in [-0.2, 0) is 0 Å². The largest absolute Gasteiger partial charge is 0.496 e. The number of benzene rings is 2. The van der Waals surface area contributed by atoms with Crippen molar-refractivity contribution in [2.24, 2.45) is 0 Å². The van der Waals surface area contributed by atoms with E-state index in [2.05, 4.69) is 21.2 Å². The maximum atomic E-state index is 12.4. The van der Waals surface area contributed by atoms with Gasteiger partial charge in [-0.05, 0) is 30.3 Å². The van der Waals surface area contributed by atoms with E-state index >= 15 is 0 Å². The number of anilines is 1. The van der Waals surface area contributed by atoms with Crippen LogP contribution in [0.15, 0.2) is 40.9 Å². The van der Waals surface area contributed by atoms with Gasteiger partial charge >= 0.3 is 0 Å². The Hall–Kier alpha value is -2.21. The highest BCUT2D eigenvalue weighted by atomic mass is 79.9. The van der Waals surface area contributed by atoms with E-state index < -0.39 is 0 Å². The third-order valence-electron chi connectivity index (χ3n) is 3.05. The van der Waals surface area contributed by atoms with Crippen LogP contribution in [-0.4, -0.2) is 27.2 Å². The molecule has 2 rings (SSSR count). The van der Waals surface area contributed by atoms with Crippen LogP contribution in [0.5, 0.6) is 17.2 Å². The number of amides is 1. The highest BCUT2D eigenvalue weighted by Gasteiger charge is 2.14. The zero-order valence-electron chi connectivity index (χ0n) is 12.5. The van der Waals surface area contributed by atoms with Crippen molar-refractivity contribution in [2.75, 3.05) is 26.6 Å². The summed E-state index contributed by atoms with van der Waals surface area (Å²) in [5, 5.41) is 2.81. The molecule has 1 amide bonds. The molecule has 0 aliphatic rings. The normalized spacial score (nSPS) is 10.0. The first-order valence-electron chi connectivity index (χ1n) is 6.46. The van der Waals surface area contributed by atoms with E-state index in [0.717, 1.165) is 4.47 Å². The zero-order valence-corrected chi connectivity index (χ0v) is 14.1. The summed E-state index contributed by atoms with van der Waals surface area (Å²) in [6, 6.07) is 10.4. The second-order valence-corrected chi connectivity index (χ2v) is 5.28. The fourth-order valence-electron chi connectivity index (χ4n) is 1.97. The molecule has 0 saturated heterocycles. The molecule has 6 heteroatoms. The predicted molar refractivity (Wildman–Crippen MR) is 88.2 cm³/mol. The Bertz CT molecular complexity index is 688. The fourth-order valence-corrected chi connectivity index (χ4v) is 2.33. The van der Waals surface area contributed by atoms with Gasteiger partial charge in [0.1, 0.15) is 5.75 Å². The lowest BCUT2D eigenvalue weighted by Gasteiger charge is -2.12. The average Bonchev–Trinajstić information content (AvgIpc) is 2.54. The number of methoxy groups -OCH3 is 3. The molecule has 0 spiro atoms. The van der Waals surface area contributed by atoms with Gasteiger partial charge in [0, 0.05) is 16.2 Å². The Labute approximate surface area is 137 Å². The number of ether oxygens (including phenoxy) is 3. The Morgan fingerprint density at radius 3 is 2.18 bits per heavy atom. The van der Waals surface area contributed by atoms with Crippen molar-refractivity contribution in [1.29, 1.82) is 0 Å². The molecule has 5 nitrogen and oxygen atoms in total. The first kappa shape index (κ1) is 16.2. The number of carbonyl (C=O) groups is 1. The Balaban J connectivity index is 2.27.